The summed E-state index contributed by atoms with van der Waals surface area (Å²) in [6.45, 7) is -0.118. The molecule has 0 atom stereocenters. The van der Waals surface area contributed by atoms with Gasteiger partial charge in [0.1, 0.15) is 0 Å². The SMILES string of the molecule is O=C(O)CCN1C(=O)c2cc(NS(=O)(=O)c3ccccc3)c(OOCCCCc3ccccc3)cc2C1=O. The molecule has 2 N–H and O–H groups in total. The number of carbonyl (C=O) groups is 3. The van der Waals surface area contributed by atoms with Crippen LogP contribution in [0.15, 0.2) is 77.7 Å². The van der Waals surface area contributed by atoms with Gasteiger partial charge in [0.15, 0.2) is 5.75 Å². The van der Waals surface area contributed by atoms with Crippen LogP contribution in [0.2, 0.25) is 0 Å². The Bertz CT molecular complexity index is 1430. The van der Waals surface area contributed by atoms with Crippen LogP contribution in [-0.2, 0) is 26.1 Å². The lowest BCUT2D eigenvalue weighted by molar-refractivity contribution is -0.206. The van der Waals surface area contributed by atoms with Crippen molar-refractivity contribution in [1.82, 2.24) is 4.90 Å². The molecule has 0 fully saturated rings. The molecule has 1 aliphatic rings. The summed E-state index contributed by atoms with van der Waals surface area (Å²) in [5, 5.41) is 8.95. The molecule has 0 aliphatic carbocycles. The fourth-order valence-electron chi connectivity index (χ4n) is 3.92. The molecule has 1 aliphatic heterocycles. The van der Waals surface area contributed by atoms with E-state index < -0.39 is 34.2 Å². The first-order chi connectivity index (χ1) is 18.3. The Kier molecular flexibility index (Phi) is 8.39. The predicted octanol–water partition coefficient (Wildman–Crippen LogP) is 3.89. The minimum Gasteiger partial charge on any atom is -0.481 e. The summed E-state index contributed by atoms with van der Waals surface area (Å²) in [5.74, 6) is -2.69. The lowest BCUT2D eigenvalue weighted by Crippen LogP contribution is -2.31. The summed E-state index contributed by atoms with van der Waals surface area (Å²) < 4.78 is 28.3. The molecule has 1 heterocycles. The minimum absolute atomic E-state index is 0.0150. The van der Waals surface area contributed by atoms with Gasteiger partial charge in [-0.3, -0.25) is 24.0 Å². The van der Waals surface area contributed by atoms with Crippen molar-refractivity contribution in [1.29, 1.82) is 0 Å². The molecule has 3 aromatic carbocycles. The average Bonchev–Trinajstić information content (AvgIpc) is 3.14. The first-order valence-electron chi connectivity index (χ1n) is 11.9. The molecule has 4 rings (SSSR count). The first kappa shape index (κ1) is 26.8. The highest BCUT2D eigenvalue weighted by Crippen LogP contribution is 2.35. The van der Waals surface area contributed by atoms with Crippen molar-refractivity contribution in [2.45, 2.75) is 30.6 Å². The van der Waals surface area contributed by atoms with Crippen LogP contribution in [0.25, 0.3) is 0 Å². The molecule has 38 heavy (non-hydrogen) atoms. The van der Waals surface area contributed by atoms with Gasteiger partial charge in [-0.25, -0.2) is 8.42 Å². The zero-order valence-corrected chi connectivity index (χ0v) is 21.1. The number of nitrogens with zero attached hydrogens (tertiary/aromatic N) is 1. The third-order valence-electron chi connectivity index (χ3n) is 5.85. The summed E-state index contributed by atoms with van der Waals surface area (Å²) in [4.78, 5) is 48.1. The van der Waals surface area contributed by atoms with Crippen LogP contribution in [0.1, 0.15) is 45.5 Å². The molecule has 3 aromatic rings. The molecular formula is C27H26N2O8S. The Labute approximate surface area is 219 Å². The number of carboxylic acids is 1. The van der Waals surface area contributed by atoms with E-state index in [1.54, 1.807) is 18.2 Å². The molecule has 0 saturated heterocycles. The molecule has 0 bridgehead atoms. The van der Waals surface area contributed by atoms with Crippen LogP contribution in [-0.4, -0.2) is 49.4 Å². The van der Waals surface area contributed by atoms with Crippen molar-refractivity contribution < 1.29 is 37.7 Å². The Morgan fingerprint density at radius 2 is 1.53 bits per heavy atom. The highest BCUT2D eigenvalue weighted by molar-refractivity contribution is 7.92. The zero-order chi connectivity index (χ0) is 27.1. The second kappa shape index (κ2) is 11.9. The maximum Gasteiger partial charge on any atom is 0.305 e. The number of hydrogen-bond donors (Lipinski definition) is 2. The lowest BCUT2D eigenvalue weighted by atomic mass is 10.1. The summed E-state index contributed by atoms with van der Waals surface area (Å²) >= 11 is 0. The Hall–Kier alpha value is -4.22. The maximum absolute atomic E-state index is 13.0. The number of rotatable bonds is 13. The third kappa shape index (κ3) is 6.36. The standard InChI is InChI=1S/C27H26N2O8S/c30-25(31)14-15-29-26(32)21-17-23(28-38(34,35)20-12-5-2-6-13-20)24(18-22(21)27(29)33)37-36-16-8-7-11-19-9-3-1-4-10-19/h1-6,9-10,12-13,17-18,28H,7-8,11,14-16H2,(H,30,31). The summed E-state index contributed by atoms with van der Waals surface area (Å²) in [6.07, 6.45) is 1.92. The largest absolute Gasteiger partial charge is 0.481 e. The monoisotopic (exact) mass is 538 g/mol. The number of fused-ring (bicyclic) bond motifs is 1. The fraction of sp³-hybridized carbons (Fsp3) is 0.222. The number of amides is 2. The summed E-state index contributed by atoms with van der Waals surface area (Å²) in [5.41, 5.74) is 0.991. The van der Waals surface area contributed by atoms with E-state index in [9.17, 15) is 22.8 Å². The van der Waals surface area contributed by atoms with Gasteiger partial charge in [0.05, 0.1) is 34.7 Å². The van der Waals surface area contributed by atoms with Gasteiger partial charge in [-0.15, -0.1) is 0 Å². The molecule has 0 aromatic heterocycles. The van der Waals surface area contributed by atoms with Crippen molar-refractivity contribution in [3.8, 4) is 5.75 Å². The summed E-state index contributed by atoms with van der Waals surface area (Å²) in [6, 6.07) is 20.0. The van der Waals surface area contributed by atoms with Gasteiger partial charge < -0.3 is 9.99 Å². The molecular weight excluding hydrogens is 512 g/mol. The first-order valence-corrected chi connectivity index (χ1v) is 13.4. The average molecular weight is 539 g/mol. The summed E-state index contributed by atoms with van der Waals surface area (Å²) in [7, 11) is -4.06. The lowest BCUT2D eigenvalue weighted by Gasteiger charge is -2.14. The molecule has 0 unspecified atom stereocenters. The van der Waals surface area contributed by atoms with Crippen LogP contribution < -0.4 is 9.61 Å². The Balaban J connectivity index is 1.52. The smallest absolute Gasteiger partial charge is 0.305 e. The van der Waals surface area contributed by atoms with Gasteiger partial charge in [-0.1, -0.05) is 48.5 Å². The Morgan fingerprint density at radius 1 is 0.895 bits per heavy atom. The van der Waals surface area contributed by atoms with E-state index in [1.807, 2.05) is 30.3 Å². The highest BCUT2D eigenvalue weighted by atomic mass is 32.2. The number of hydrogen-bond acceptors (Lipinski definition) is 7. The van der Waals surface area contributed by atoms with Gasteiger partial charge in [0, 0.05) is 12.6 Å². The Morgan fingerprint density at radius 3 is 2.18 bits per heavy atom. The van der Waals surface area contributed by atoms with Gasteiger partial charge in [-0.05, 0) is 43.0 Å². The molecule has 198 valence electrons. The number of sulfonamides is 1. The van der Waals surface area contributed by atoms with Gasteiger partial charge >= 0.3 is 5.97 Å². The molecule has 0 radical (unpaired) electrons. The van der Waals surface area contributed by atoms with Crippen molar-refractivity contribution in [2.24, 2.45) is 0 Å². The number of aryl methyl sites for hydroxylation is 1. The van der Waals surface area contributed by atoms with E-state index in [4.69, 9.17) is 14.9 Å². The van der Waals surface area contributed by atoms with E-state index >= 15 is 0 Å². The fourth-order valence-corrected chi connectivity index (χ4v) is 5.00. The second-order valence-electron chi connectivity index (χ2n) is 8.57. The number of nitrogens with one attached hydrogen (secondary N) is 1. The normalized spacial score (nSPS) is 12.9. The number of anilines is 1. The number of imide groups is 1. The number of carbonyl (C=O) groups excluding carboxylic acids is 2. The maximum atomic E-state index is 13.0. The molecule has 0 saturated carbocycles. The van der Waals surface area contributed by atoms with E-state index in [0.29, 0.717) is 6.42 Å². The minimum atomic E-state index is -4.06. The zero-order valence-electron chi connectivity index (χ0n) is 20.3. The topological polar surface area (TPSA) is 139 Å². The third-order valence-corrected chi connectivity index (χ3v) is 7.23. The van der Waals surface area contributed by atoms with E-state index in [0.717, 1.165) is 17.7 Å². The van der Waals surface area contributed by atoms with Crippen LogP contribution in [0.5, 0.6) is 5.75 Å². The van der Waals surface area contributed by atoms with E-state index in [-0.39, 0.29) is 40.6 Å². The number of carboxylic acid groups (broad SMARTS) is 1. The van der Waals surface area contributed by atoms with E-state index in [1.165, 1.54) is 29.8 Å². The van der Waals surface area contributed by atoms with Crippen molar-refractivity contribution >= 4 is 33.5 Å². The molecule has 2 amide bonds. The van der Waals surface area contributed by atoms with Crippen molar-refractivity contribution in [3.05, 3.63) is 89.5 Å². The van der Waals surface area contributed by atoms with Crippen molar-refractivity contribution in [2.75, 3.05) is 17.9 Å². The second-order valence-corrected chi connectivity index (χ2v) is 10.2. The number of unbranched alkanes of at least 4 members (excludes halogenated alkanes) is 1. The van der Waals surface area contributed by atoms with Crippen LogP contribution in [0, 0.1) is 0 Å². The molecule has 11 heteroatoms. The number of benzene rings is 3. The molecule has 10 nitrogen and oxygen atoms in total. The number of aliphatic carboxylic acids is 1. The van der Waals surface area contributed by atoms with Gasteiger partial charge in [-0.2, -0.15) is 4.89 Å². The van der Waals surface area contributed by atoms with Crippen LogP contribution >= 0.6 is 0 Å². The molecule has 0 spiro atoms. The van der Waals surface area contributed by atoms with Crippen LogP contribution in [0.3, 0.4) is 0 Å². The van der Waals surface area contributed by atoms with Gasteiger partial charge in [0.25, 0.3) is 21.8 Å². The predicted molar refractivity (Wildman–Crippen MR) is 137 cm³/mol. The highest BCUT2D eigenvalue weighted by Gasteiger charge is 2.37. The van der Waals surface area contributed by atoms with E-state index in [2.05, 4.69) is 4.72 Å². The van der Waals surface area contributed by atoms with Gasteiger partial charge in [0.2, 0.25) is 0 Å². The quantitative estimate of drug-likeness (QED) is 0.145. The van der Waals surface area contributed by atoms with Crippen molar-refractivity contribution in [3.63, 3.8) is 0 Å². The van der Waals surface area contributed by atoms with Crippen LogP contribution in [0.4, 0.5) is 5.69 Å².